The van der Waals surface area contributed by atoms with Crippen molar-refractivity contribution in [1.29, 1.82) is 0 Å². The van der Waals surface area contributed by atoms with Crippen LogP contribution in [0.2, 0.25) is 5.02 Å². The first-order valence-electron chi connectivity index (χ1n) is 11.4. The second-order valence-corrected chi connectivity index (χ2v) is 8.98. The van der Waals surface area contributed by atoms with E-state index in [1.807, 2.05) is 22.9 Å². The first-order chi connectivity index (χ1) is 15.8. The number of tetrazole rings is 1. The number of benzene rings is 2. The van der Waals surface area contributed by atoms with Gasteiger partial charge >= 0.3 is 0 Å². The average molecular weight is 453 g/mol. The van der Waals surface area contributed by atoms with Gasteiger partial charge in [-0.2, -0.15) is 0 Å². The predicted molar refractivity (Wildman–Crippen MR) is 123 cm³/mol. The molecular formula is C24H29ClN6O. The van der Waals surface area contributed by atoms with E-state index in [4.69, 9.17) is 16.3 Å². The lowest BCUT2D eigenvalue weighted by atomic mass is 10.0. The fraction of sp³-hybridized carbons (Fsp3) is 0.458. The summed E-state index contributed by atoms with van der Waals surface area (Å²) in [6.45, 7) is 6.30. The van der Waals surface area contributed by atoms with E-state index in [2.05, 4.69) is 61.7 Å². The summed E-state index contributed by atoms with van der Waals surface area (Å²) in [5.74, 6) is 0.838. The van der Waals surface area contributed by atoms with Crippen molar-refractivity contribution in [3.63, 3.8) is 0 Å². The van der Waals surface area contributed by atoms with Crippen molar-refractivity contribution in [2.75, 3.05) is 32.8 Å². The SMILES string of the molecule is Clc1ccccc1C(c1nnnn1CC1CCCO1)N1CCN(Cc2ccccc2)CC1. The van der Waals surface area contributed by atoms with Gasteiger partial charge in [0.25, 0.3) is 0 Å². The molecule has 2 aliphatic heterocycles. The number of nitrogens with zero attached hydrogens (tertiary/aromatic N) is 6. The van der Waals surface area contributed by atoms with Crippen LogP contribution in [0.15, 0.2) is 54.6 Å². The van der Waals surface area contributed by atoms with Crippen LogP contribution in [-0.2, 0) is 17.8 Å². The molecule has 0 amide bonds. The largest absolute Gasteiger partial charge is 0.376 e. The summed E-state index contributed by atoms with van der Waals surface area (Å²) in [6, 6.07) is 18.6. The molecule has 2 aliphatic rings. The number of hydrogen-bond acceptors (Lipinski definition) is 6. The van der Waals surface area contributed by atoms with Crippen LogP contribution in [0.3, 0.4) is 0 Å². The Morgan fingerprint density at radius 3 is 2.53 bits per heavy atom. The Bertz CT molecular complexity index is 998. The third-order valence-electron chi connectivity index (χ3n) is 6.43. The van der Waals surface area contributed by atoms with Crippen LogP contribution in [0.4, 0.5) is 0 Å². The molecule has 0 N–H and O–H groups in total. The topological polar surface area (TPSA) is 59.3 Å². The summed E-state index contributed by atoms with van der Waals surface area (Å²) in [5, 5.41) is 13.6. The van der Waals surface area contributed by atoms with Gasteiger partial charge in [0.05, 0.1) is 18.7 Å². The van der Waals surface area contributed by atoms with Crippen molar-refractivity contribution >= 4 is 11.6 Å². The Balaban J connectivity index is 1.36. The minimum absolute atomic E-state index is 0.0843. The maximum Gasteiger partial charge on any atom is 0.173 e. The van der Waals surface area contributed by atoms with Gasteiger partial charge in [-0.05, 0) is 40.5 Å². The van der Waals surface area contributed by atoms with Crippen LogP contribution in [0.1, 0.15) is 35.8 Å². The molecule has 1 aromatic heterocycles. The van der Waals surface area contributed by atoms with Gasteiger partial charge in [0.2, 0.25) is 0 Å². The van der Waals surface area contributed by atoms with E-state index in [1.54, 1.807) is 0 Å². The number of hydrogen-bond donors (Lipinski definition) is 0. The zero-order valence-corrected chi connectivity index (χ0v) is 18.9. The maximum absolute atomic E-state index is 6.67. The van der Waals surface area contributed by atoms with E-state index in [9.17, 15) is 0 Å². The second kappa shape index (κ2) is 10.1. The third-order valence-corrected chi connectivity index (χ3v) is 6.77. The quantitative estimate of drug-likeness (QED) is 0.547. The van der Waals surface area contributed by atoms with Gasteiger partial charge in [-0.25, -0.2) is 4.68 Å². The van der Waals surface area contributed by atoms with E-state index >= 15 is 0 Å². The number of rotatable bonds is 7. The lowest BCUT2D eigenvalue weighted by Crippen LogP contribution is -2.48. The molecule has 0 spiro atoms. The van der Waals surface area contributed by atoms with E-state index in [1.165, 1.54) is 5.56 Å². The summed E-state index contributed by atoms with van der Waals surface area (Å²) in [7, 11) is 0. The highest BCUT2D eigenvalue weighted by molar-refractivity contribution is 6.31. The van der Waals surface area contributed by atoms with Gasteiger partial charge in [0.1, 0.15) is 0 Å². The number of halogens is 1. The van der Waals surface area contributed by atoms with E-state index in [0.717, 1.165) is 68.6 Å². The molecule has 2 fully saturated rings. The lowest BCUT2D eigenvalue weighted by molar-refractivity contribution is 0.0842. The molecule has 0 saturated carbocycles. The highest BCUT2D eigenvalue weighted by Crippen LogP contribution is 2.33. The molecule has 0 radical (unpaired) electrons. The highest BCUT2D eigenvalue weighted by atomic mass is 35.5. The third kappa shape index (κ3) is 4.86. The number of piperazine rings is 1. The van der Waals surface area contributed by atoms with Crippen molar-refractivity contribution in [1.82, 2.24) is 30.0 Å². The standard InChI is InChI=1S/C24H29ClN6O/c25-22-11-5-4-10-21(22)23(24-26-27-28-31(24)18-20-9-6-16-32-20)30-14-12-29(13-15-30)17-19-7-2-1-3-8-19/h1-5,7-8,10-11,20,23H,6,9,12-18H2. The molecule has 5 rings (SSSR count). The average Bonchev–Trinajstić information content (AvgIpc) is 3.50. The zero-order chi connectivity index (χ0) is 21.8. The molecule has 3 heterocycles. The van der Waals surface area contributed by atoms with Crippen LogP contribution in [0.25, 0.3) is 0 Å². The first-order valence-corrected chi connectivity index (χ1v) is 11.8. The molecule has 168 valence electrons. The predicted octanol–water partition coefficient (Wildman–Crippen LogP) is 3.41. The summed E-state index contributed by atoms with van der Waals surface area (Å²) >= 11 is 6.67. The van der Waals surface area contributed by atoms with E-state index < -0.39 is 0 Å². The van der Waals surface area contributed by atoms with Gasteiger partial charge in [-0.15, -0.1) is 5.10 Å². The summed E-state index contributed by atoms with van der Waals surface area (Å²) in [6.07, 6.45) is 2.32. The van der Waals surface area contributed by atoms with Crippen LogP contribution in [-0.4, -0.2) is 68.9 Å². The van der Waals surface area contributed by atoms with Crippen LogP contribution in [0.5, 0.6) is 0 Å². The Kier molecular flexibility index (Phi) is 6.78. The number of ether oxygens (including phenoxy) is 1. The Morgan fingerprint density at radius 1 is 1.00 bits per heavy atom. The van der Waals surface area contributed by atoms with Crippen LogP contribution >= 0.6 is 11.6 Å². The highest BCUT2D eigenvalue weighted by Gasteiger charge is 2.32. The molecule has 2 saturated heterocycles. The summed E-state index contributed by atoms with van der Waals surface area (Å²) in [5.41, 5.74) is 2.40. The molecule has 32 heavy (non-hydrogen) atoms. The minimum atomic E-state index is -0.0843. The lowest BCUT2D eigenvalue weighted by Gasteiger charge is -2.39. The molecule has 7 nitrogen and oxygen atoms in total. The van der Waals surface area contributed by atoms with Gasteiger partial charge < -0.3 is 4.74 Å². The Morgan fingerprint density at radius 2 is 1.78 bits per heavy atom. The van der Waals surface area contributed by atoms with Crippen molar-refractivity contribution in [2.45, 2.75) is 38.1 Å². The van der Waals surface area contributed by atoms with Crippen LogP contribution in [0, 0.1) is 0 Å². The van der Waals surface area contributed by atoms with Crippen molar-refractivity contribution in [3.05, 3.63) is 76.6 Å². The summed E-state index contributed by atoms with van der Waals surface area (Å²) < 4.78 is 7.76. The molecule has 3 aromatic rings. The molecule has 0 bridgehead atoms. The molecule has 2 atom stereocenters. The smallest absolute Gasteiger partial charge is 0.173 e. The van der Waals surface area contributed by atoms with Gasteiger partial charge in [0, 0.05) is 44.4 Å². The maximum atomic E-state index is 6.67. The molecule has 8 heteroatoms. The minimum Gasteiger partial charge on any atom is -0.376 e. The normalized spacial score (nSPS) is 21.1. The Hall–Kier alpha value is -2.32. The fourth-order valence-electron chi connectivity index (χ4n) is 4.74. The van der Waals surface area contributed by atoms with Gasteiger partial charge in [-0.1, -0.05) is 60.1 Å². The van der Waals surface area contributed by atoms with Gasteiger partial charge in [0.15, 0.2) is 5.82 Å². The monoisotopic (exact) mass is 452 g/mol. The first kappa shape index (κ1) is 21.5. The van der Waals surface area contributed by atoms with E-state index in [-0.39, 0.29) is 12.1 Å². The van der Waals surface area contributed by atoms with E-state index in [0.29, 0.717) is 6.54 Å². The molecular weight excluding hydrogens is 424 g/mol. The molecule has 2 unspecified atom stereocenters. The van der Waals surface area contributed by atoms with Crippen molar-refractivity contribution < 1.29 is 4.74 Å². The van der Waals surface area contributed by atoms with Crippen LogP contribution < -0.4 is 0 Å². The van der Waals surface area contributed by atoms with Crippen molar-refractivity contribution in [2.24, 2.45) is 0 Å². The number of aromatic nitrogens is 4. The van der Waals surface area contributed by atoms with Gasteiger partial charge in [-0.3, -0.25) is 9.80 Å². The second-order valence-electron chi connectivity index (χ2n) is 8.58. The fourth-order valence-corrected chi connectivity index (χ4v) is 4.97. The zero-order valence-electron chi connectivity index (χ0n) is 18.2. The van der Waals surface area contributed by atoms with Crippen molar-refractivity contribution in [3.8, 4) is 0 Å². The molecule has 0 aliphatic carbocycles. The summed E-state index contributed by atoms with van der Waals surface area (Å²) in [4.78, 5) is 4.96. The Labute approximate surface area is 193 Å². The molecule has 2 aromatic carbocycles.